The Bertz CT molecular complexity index is 851. The number of alkyl halides is 1. The van der Waals surface area contributed by atoms with Gasteiger partial charge in [0.1, 0.15) is 22.8 Å². The first kappa shape index (κ1) is 14.3. The molecule has 8 heteroatoms. The van der Waals surface area contributed by atoms with Crippen LogP contribution < -0.4 is 10.6 Å². The molecule has 0 saturated carbocycles. The molecule has 6 nitrogen and oxygen atoms in total. The second-order valence-corrected chi connectivity index (χ2v) is 5.79. The normalized spacial score (nSPS) is 21.0. The van der Waals surface area contributed by atoms with Crippen LogP contribution in [0.25, 0.3) is 17.0 Å². The van der Waals surface area contributed by atoms with E-state index < -0.39 is 6.17 Å². The van der Waals surface area contributed by atoms with Crippen LogP contribution in [0.1, 0.15) is 0 Å². The van der Waals surface area contributed by atoms with Gasteiger partial charge in [0, 0.05) is 13.1 Å². The Balaban J connectivity index is 1.68. The van der Waals surface area contributed by atoms with Gasteiger partial charge in [-0.2, -0.15) is 5.10 Å². The van der Waals surface area contributed by atoms with Gasteiger partial charge in [0.05, 0.1) is 17.9 Å². The van der Waals surface area contributed by atoms with E-state index in [2.05, 4.69) is 25.7 Å². The van der Waals surface area contributed by atoms with Gasteiger partial charge in [-0.05, 0) is 24.3 Å². The van der Waals surface area contributed by atoms with E-state index in [4.69, 9.17) is 11.6 Å². The molecule has 23 heavy (non-hydrogen) atoms. The van der Waals surface area contributed by atoms with Crippen LogP contribution in [0.5, 0.6) is 0 Å². The highest BCUT2D eigenvalue weighted by Gasteiger charge is 2.26. The van der Waals surface area contributed by atoms with Crippen molar-refractivity contribution in [1.29, 1.82) is 0 Å². The summed E-state index contributed by atoms with van der Waals surface area (Å²) in [6, 6.07) is 8.75. The molecular formula is C15H14ClFN6. The fraction of sp³-hybridized carbons (Fsp3) is 0.267. The van der Waals surface area contributed by atoms with Crippen molar-refractivity contribution < 1.29 is 4.39 Å². The molecule has 1 aliphatic heterocycles. The molecule has 0 aliphatic carbocycles. The maximum Gasteiger partial charge on any atom is 0.154 e. The van der Waals surface area contributed by atoms with Gasteiger partial charge < -0.3 is 10.6 Å². The fourth-order valence-corrected chi connectivity index (χ4v) is 2.80. The fourth-order valence-electron chi connectivity index (χ4n) is 2.66. The molecule has 0 unspecified atom stereocenters. The Morgan fingerprint density at radius 3 is 3.00 bits per heavy atom. The first-order valence-electron chi connectivity index (χ1n) is 7.30. The summed E-state index contributed by atoms with van der Waals surface area (Å²) < 4.78 is 15.4. The smallest absolute Gasteiger partial charge is 0.154 e. The summed E-state index contributed by atoms with van der Waals surface area (Å²) in [6.45, 7) is 0.951. The highest BCUT2D eigenvalue weighted by Crippen LogP contribution is 2.21. The Kier molecular flexibility index (Phi) is 3.59. The van der Waals surface area contributed by atoms with E-state index in [1.54, 1.807) is 22.8 Å². The van der Waals surface area contributed by atoms with Crippen molar-refractivity contribution in [3.05, 3.63) is 41.7 Å². The number of halogens is 2. The van der Waals surface area contributed by atoms with Crippen LogP contribution in [-0.2, 0) is 0 Å². The summed E-state index contributed by atoms with van der Waals surface area (Å²) in [5, 5.41) is 10.8. The number of hydrogen-bond acceptors (Lipinski definition) is 5. The van der Waals surface area contributed by atoms with Crippen LogP contribution in [0, 0.1) is 0 Å². The van der Waals surface area contributed by atoms with Gasteiger partial charge in [0.25, 0.3) is 0 Å². The summed E-state index contributed by atoms with van der Waals surface area (Å²) in [5.74, 6) is 0.621. The quantitative estimate of drug-likeness (QED) is 0.769. The summed E-state index contributed by atoms with van der Waals surface area (Å²) in [4.78, 5) is 8.84. The van der Waals surface area contributed by atoms with Gasteiger partial charge in [-0.3, -0.25) is 0 Å². The lowest BCUT2D eigenvalue weighted by Crippen LogP contribution is -2.29. The van der Waals surface area contributed by atoms with Gasteiger partial charge in [-0.25, -0.2) is 18.9 Å². The van der Waals surface area contributed by atoms with Crippen LogP contribution in [-0.4, -0.2) is 44.9 Å². The highest BCUT2D eigenvalue weighted by molar-refractivity contribution is 6.29. The number of hydrogen-bond donors (Lipinski definition) is 2. The maximum atomic E-state index is 13.7. The predicted molar refractivity (Wildman–Crippen MR) is 86.4 cm³/mol. The van der Waals surface area contributed by atoms with E-state index >= 15 is 0 Å². The topological polar surface area (TPSA) is 67.1 Å². The number of rotatable bonds is 3. The zero-order valence-corrected chi connectivity index (χ0v) is 12.8. The first-order valence-corrected chi connectivity index (χ1v) is 7.67. The molecule has 0 spiro atoms. The van der Waals surface area contributed by atoms with Crippen molar-refractivity contribution in [2.75, 3.05) is 18.4 Å². The van der Waals surface area contributed by atoms with Gasteiger partial charge in [0.15, 0.2) is 5.65 Å². The molecule has 1 saturated heterocycles. The average molecular weight is 333 g/mol. The van der Waals surface area contributed by atoms with Crippen molar-refractivity contribution in [2.24, 2.45) is 0 Å². The highest BCUT2D eigenvalue weighted by atomic mass is 35.5. The number of anilines is 1. The van der Waals surface area contributed by atoms with Gasteiger partial charge >= 0.3 is 0 Å². The largest absolute Gasteiger partial charge is 0.363 e. The standard InChI is InChI=1S/C15H14ClFN6/c16-13-4-5-15-19-8-12(23(15)22-13)10-2-1-3-14(20-10)21-11-7-18-6-9(11)17/h1-5,8-9,11,18H,6-7H2,(H,20,21)/t9-,11-/m0/s1. The molecule has 0 bridgehead atoms. The average Bonchev–Trinajstić information content (AvgIpc) is 3.14. The molecule has 3 aromatic rings. The SMILES string of the molecule is F[C@H]1CNC[C@@H]1Nc1cccc(-c2cnc3ccc(Cl)nn23)n1. The van der Waals surface area contributed by atoms with Crippen molar-refractivity contribution in [1.82, 2.24) is 24.9 Å². The third kappa shape index (κ3) is 2.73. The van der Waals surface area contributed by atoms with E-state index in [1.165, 1.54) is 0 Å². The molecule has 1 fully saturated rings. The molecule has 0 aromatic carbocycles. The number of imidazole rings is 1. The van der Waals surface area contributed by atoms with Crippen LogP contribution in [0.3, 0.4) is 0 Å². The van der Waals surface area contributed by atoms with Crippen molar-refractivity contribution in [2.45, 2.75) is 12.2 Å². The Morgan fingerprint density at radius 2 is 2.17 bits per heavy atom. The first-order chi connectivity index (χ1) is 11.2. The summed E-state index contributed by atoms with van der Waals surface area (Å²) in [7, 11) is 0. The molecule has 2 atom stereocenters. The van der Waals surface area contributed by atoms with Crippen LogP contribution >= 0.6 is 11.6 Å². The third-order valence-corrected chi connectivity index (χ3v) is 4.02. The molecule has 0 radical (unpaired) electrons. The predicted octanol–water partition coefficient (Wildman–Crippen LogP) is 2.17. The van der Waals surface area contributed by atoms with Gasteiger partial charge in [0.2, 0.25) is 0 Å². The number of nitrogens with one attached hydrogen (secondary N) is 2. The minimum Gasteiger partial charge on any atom is -0.363 e. The van der Waals surface area contributed by atoms with E-state index in [1.807, 2.05) is 18.2 Å². The lowest BCUT2D eigenvalue weighted by Gasteiger charge is -2.15. The minimum atomic E-state index is -0.920. The number of aromatic nitrogens is 4. The minimum absolute atomic E-state index is 0.271. The molecule has 0 amide bonds. The van der Waals surface area contributed by atoms with Crippen molar-refractivity contribution in [3.63, 3.8) is 0 Å². The van der Waals surface area contributed by atoms with Crippen molar-refractivity contribution in [3.8, 4) is 11.4 Å². The van der Waals surface area contributed by atoms with Crippen LogP contribution in [0.2, 0.25) is 5.15 Å². The number of pyridine rings is 1. The molecule has 4 heterocycles. The maximum absolute atomic E-state index is 13.7. The molecule has 1 aliphatic rings. The second-order valence-electron chi connectivity index (χ2n) is 5.40. The number of fused-ring (bicyclic) bond motifs is 1. The van der Waals surface area contributed by atoms with Gasteiger partial charge in [-0.15, -0.1) is 0 Å². The van der Waals surface area contributed by atoms with E-state index in [0.29, 0.717) is 35.4 Å². The zero-order chi connectivity index (χ0) is 15.8. The van der Waals surface area contributed by atoms with Gasteiger partial charge in [-0.1, -0.05) is 17.7 Å². The molecular weight excluding hydrogens is 319 g/mol. The van der Waals surface area contributed by atoms with E-state index in [9.17, 15) is 4.39 Å². The lowest BCUT2D eigenvalue weighted by atomic mass is 10.2. The summed E-state index contributed by atoms with van der Waals surface area (Å²) in [6.07, 6.45) is 0.775. The Hall–Kier alpha value is -2.25. The zero-order valence-electron chi connectivity index (χ0n) is 12.1. The molecule has 3 aromatic heterocycles. The summed E-state index contributed by atoms with van der Waals surface area (Å²) >= 11 is 5.95. The lowest BCUT2D eigenvalue weighted by molar-refractivity contribution is 0.342. The second kappa shape index (κ2) is 5.75. The Morgan fingerprint density at radius 1 is 1.26 bits per heavy atom. The molecule has 118 valence electrons. The van der Waals surface area contributed by atoms with Crippen LogP contribution in [0.15, 0.2) is 36.5 Å². The summed E-state index contributed by atoms with van der Waals surface area (Å²) in [5.41, 5.74) is 2.11. The van der Waals surface area contributed by atoms with Crippen LogP contribution in [0.4, 0.5) is 10.2 Å². The van der Waals surface area contributed by atoms with E-state index in [-0.39, 0.29) is 6.04 Å². The monoisotopic (exact) mass is 332 g/mol. The van der Waals surface area contributed by atoms with Crippen molar-refractivity contribution >= 4 is 23.1 Å². The number of nitrogens with zero attached hydrogens (tertiary/aromatic N) is 4. The van der Waals surface area contributed by atoms with E-state index in [0.717, 1.165) is 5.69 Å². The third-order valence-electron chi connectivity index (χ3n) is 3.81. The molecule has 4 rings (SSSR count). The Labute approximate surface area is 136 Å². The molecule has 2 N–H and O–H groups in total.